The van der Waals surface area contributed by atoms with E-state index in [-0.39, 0.29) is 6.61 Å². The zero-order chi connectivity index (χ0) is 16.8. The number of nitrogens with zero attached hydrogens (tertiary/aromatic N) is 1. The first-order valence-electron chi connectivity index (χ1n) is 8.91. The van der Waals surface area contributed by atoms with Crippen molar-refractivity contribution in [1.29, 1.82) is 0 Å². The molecule has 2 unspecified atom stereocenters. The van der Waals surface area contributed by atoms with Crippen molar-refractivity contribution in [3.05, 3.63) is 42.5 Å². The molecule has 0 radical (unpaired) electrons. The molecule has 24 heavy (non-hydrogen) atoms. The third kappa shape index (κ3) is 4.26. The summed E-state index contributed by atoms with van der Waals surface area (Å²) in [4.78, 5) is 2.34. The van der Waals surface area contributed by atoms with Gasteiger partial charge in [-0.25, -0.2) is 0 Å². The van der Waals surface area contributed by atoms with E-state index < -0.39 is 6.10 Å². The minimum Gasteiger partial charge on any atom is -0.490 e. The maximum Gasteiger partial charge on any atom is 0.127 e. The van der Waals surface area contributed by atoms with Crippen LogP contribution in [0.25, 0.3) is 10.8 Å². The molecule has 1 aliphatic rings. The van der Waals surface area contributed by atoms with Crippen LogP contribution in [0.1, 0.15) is 25.7 Å². The van der Waals surface area contributed by atoms with Gasteiger partial charge in [0.25, 0.3) is 0 Å². The second-order valence-electron chi connectivity index (χ2n) is 6.60. The van der Waals surface area contributed by atoms with Gasteiger partial charge < -0.3 is 14.9 Å². The lowest BCUT2D eigenvalue weighted by Gasteiger charge is -2.26. The van der Waals surface area contributed by atoms with Crippen LogP contribution in [0, 0.1) is 0 Å². The Kier molecular flexibility index (Phi) is 6.07. The zero-order valence-electron chi connectivity index (χ0n) is 14.1. The van der Waals surface area contributed by atoms with Crippen molar-refractivity contribution >= 4 is 10.8 Å². The molecular formula is C20H27NO3. The highest BCUT2D eigenvalue weighted by Crippen LogP contribution is 2.26. The van der Waals surface area contributed by atoms with Gasteiger partial charge in [0, 0.05) is 24.6 Å². The summed E-state index contributed by atoms with van der Waals surface area (Å²) < 4.78 is 5.89. The van der Waals surface area contributed by atoms with Crippen molar-refractivity contribution in [3.63, 3.8) is 0 Å². The molecule has 4 heteroatoms. The van der Waals surface area contributed by atoms with Gasteiger partial charge in [0.15, 0.2) is 0 Å². The van der Waals surface area contributed by atoms with E-state index in [4.69, 9.17) is 9.84 Å². The first kappa shape index (κ1) is 17.2. The predicted octanol–water partition coefficient (Wildman–Crippen LogP) is 2.82. The van der Waals surface area contributed by atoms with Gasteiger partial charge in [-0.2, -0.15) is 0 Å². The van der Waals surface area contributed by atoms with Crippen molar-refractivity contribution in [1.82, 2.24) is 4.90 Å². The third-order valence-corrected chi connectivity index (χ3v) is 4.82. The van der Waals surface area contributed by atoms with Crippen LogP contribution >= 0.6 is 0 Å². The smallest absolute Gasteiger partial charge is 0.127 e. The van der Waals surface area contributed by atoms with Crippen molar-refractivity contribution in [3.8, 4) is 5.75 Å². The van der Waals surface area contributed by atoms with Crippen molar-refractivity contribution in [2.24, 2.45) is 0 Å². The van der Waals surface area contributed by atoms with Gasteiger partial charge in [-0.1, -0.05) is 36.4 Å². The number of hydrogen-bond acceptors (Lipinski definition) is 4. The van der Waals surface area contributed by atoms with E-state index in [2.05, 4.69) is 17.0 Å². The van der Waals surface area contributed by atoms with Crippen molar-refractivity contribution in [2.75, 3.05) is 26.3 Å². The quantitative estimate of drug-likeness (QED) is 0.782. The van der Waals surface area contributed by atoms with Crippen molar-refractivity contribution < 1.29 is 14.9 Å². The van der Waals surface area contributed by atoms with Gasteiger partial charge in [-0.15, -0.1) is 0 Å². The molecule has 2 aromatic rings. The fraction of sp³-hybridized carbons (Fsp3) is 0.500. The summed E-state index contributed by atoms with van der Waals surface area (Å²) in [6.45, 7) is 2.22. The second kappa shape index (κ2) is 8.47. The molecule has 0 bridgehead atoms. The van der Waals surface area contributed by atoms with Gasteiger partial charge >= 0.3 is 0 Å². The number of benzene rings is 2. The summed E-state index contributed by atoms with van der Waals surface area (Å²) in [7, 11) is 0. The normalized spacial score (nSPS) is 19.7. The Morgan fingerprint density at radius 2 is 2.00 bits per heavy atom. The molecule has 0 aromatic heterocycles. The van der Waals surface area contributed by atoms with Gasteiger partial charge in [0.1, 0.15) is 18.5 Å². The van der Waals surface area contributed by atoms with Crippen LogP contribution in [0.5, 0.6) is 5.75 Å². The average Bonchev–Trinajstić information content (AvgIpc) is 3.05. The summed E-state index contributed by atoms with van der Waals surface area (Å²) in [5, 5.41) is 21.6. The number of β-amino-alcohol motifs (C(OH)–C–C–N with tert-alkyl or cyclic N) is 1. The molecule has 0 amide bonds. The molecule has 1 fully saturated rings. The SMILES string of the molecule is OCCCC1CCCN1CC(O)COc1cccc2ccccc12. The van der Waals surface area contributed by atoms with E-state index in [1.165, 1.54) is 6.42 Å². The number of fused-ring (bicyclic) bond motifs is 1. The van der Waals surface area contributed by atoms with E-state index in [0.29, 0.717) is 19.2 Å². The number of rotatable bonds is 8. The molecule has 2 N–H and O–H groups in total. The Bertz CT molecular complexity index is 640. The zero-order valence-corrected chi connectivity index (χ0v) is 14.1. The van der Waals surface area contributed by atoms with Crippen LogP contribution < -0.4 is 4.74 Å². The second-order valence-corrected chi connectivity index (χ2v) is 6.60. The Hall–Kier alpha value is -1.62. The summed E-state index contributed by atoms with van der Waals surface area (Å²) in [5.74, 6) is 0.824. The molecular weight excluding hydrogens is 302 g/mol. The predicted molar refractivity (Wildman–Crippen MR) is 96.4 cm³/mol. The summed E-state index contributed by atoms with van der Waals surface area (Å²) in [5.41, 5.74) is 0. The maximum absolute atomic E-state index is 10.4. The Labute approximate surface area is 143 Å². The van der Waals surface area contributed by atoms with Gasteiger partial charge in [-0.3, -0.25) is 4.90 Å². The van der Waals surface area contributed by atoms with Crippen LogP contribution in [0.4, 0.5) is 0 Å². The van der Waals surface area contributed by atoms with E-state index in [1.807, 2.05) is 30.3 Å². The highest BCUT2D eigenvalue weighted by atomic mass is 16.5. The van der Waals surface area contributed by atoms with E-state index in [9.17, 15) is 5.11 Å². The van der Waals surface area contributed by atoms with E-state index >= 15 is 0 Å². The highest BCUT2D eigenvalue weighted by Gasteiger charge is 2.25. The summed E-state index contributed by atoms with van der Waals surface area (Å²) in [6, 6.07) is 14.6. The molecule has 2 atom stereocenters. The minimum absolute atomic E-state index is 0.247. The number of hydrogen-bond donors (Lipinski definition) is 2. The number of aliphatic hydroxyl groups is 2. The molecule has 1 aliphatic heterocycles. The first-order valence-corrected chi connectivity index (χ1v) is 8.91. The standard InChI is InChI=1S/C20H27NO3/c22-13-5-9-17-8-4-12-21(17)14-18(23)15-24-20-11-3-7-16-6-1-2-10-19(16)20/h1-3,6-7,10-11,17-18,22-23H,4-5,8-9,12-15H2. The molecule has 4 nitrogen and oxygen atoms in total. The van der Waals surface area contributed by atoms with Gasteiger partial charge in [0.05, 0.1) is 0 Å². The van der Waals surface area contributed by atoms with E-state index in [0.717, 1.165) is 42.3 Å². The van der Waals surface area contributed by atoms with Crippen molar-refractivity contribution in [2.45, 2.75) is 37.8 Å². The molecule has 0 spiro atoms. The van der Waals surface area contributed by atoms with Crippen LogP contribution in [0.3, 0.4) is 0 Å². The van der Waals surface area contributed by atoms with Crippen LogP contribution in [0.15, 0.2) is 42.5 Å². The molecule has 130 valence electrons. The van der Waals surface area contributed by atoms with E-state index in [1.54, 1.807) is 0 Å². The highest BCUT2D eigenvalue weighted by molar-refractivity contribution is 5.88. The minimum atomic E-state index is -0.501. The van der Waals surface area contributed by atoms with Gasteiger partial charge in [-0.05, 0) is 43.7 Å². The average molecular weight is 329 g/mol. The first-order chi connectivity index (χ1) is 11.8. The molecule has 0 saturated carbocycles. The third-order valence-electron chi connectivity index (χ3n) is 4.82. The fourth-order valence-corrected chi connectivity index (χ4v) is 3.62. The van der Waals surface area contributed by atoms with Gasteiger partial charge in [0.2, 0.25) is 0 Å². The lowest BCUT2D eigenvalue weighted by molar-refractivity contribution is 0.0622. The molecule has 1 saturated heterocycles. The molecule has 2 aromatic carbocycles. The summed E-state index contributed by atoms with van der Waals surface area (Å²) >= 11 is 0. The largest absolute Gasteiger partial charge is 0.490 e. The number of aliphatic hydroxyl groups excluding tert-OH is 2. The maximum atomic E-state index is 10.4. The summed E-state index contributed by atoms with van der Waals surface area (Å²) in [6.07, 6.45) is 3.68. The lowest BCUT2D eigenvalue weighted by atomic mass is 10.1. The molecule has 3 rings (SSSR count). The monoisotopic (exact) mass is 329 g/mol. The molecule has 0 aliphatic carbocycles. The van der Waals surface area contributed by atoms with Crippen LogP contribution in [-0.2, 0) is 0 Å². The topological polar surface area (TPSA) is 52.9 Å². The Balaban J connectivity index is 1.54. The number of likely N-dealkylation sites (tertiary alicyclic amines) is 1. The molecule has 1 heterocycles. The van der Waals surface area contributed by atoms with Crippen LogP contribution in [0.2, 0.25) is 0 Å². The van der Waals surface area contributed by atoms with Crippen LogP contribution in [-0.4, -0.2) is 53.6 Å². The number of ether oxygens (including phenoxy) is 1. The Morgan fingerprint density at radius 3 is 2.88 bits per heavy atom. The fourth-order valence-electron chi connectivity index (χ4n) is 3.62. The Morgan fingerprint density at radius 1 is 1.17 bits per heavy atom. The lowest BCUT2D eigenvalue weighted by Crippen LogP contribution is -2.38.